The Kier molecular flexibility index (Phi) is 4.42. The molecule has 1 aliphatic heterocycles. The first-order chi connectivity index (χ1) is 10.2. The molecule has 1 saturated carbocycles. The van der Waals surface area contributed by atoms with E-state index in [9.17, 15) is 5.11 Å². The summed E-state index contributed by atoms with van der Waals surface area (Å²) in [6, 6.07) is 0. The number of morpholine rings is 1. The molecule has 116 valence electrons. The second-order valence-corrected chi connectivity index (χ2v) is 5.94. The van der Waals surface area contributed by atoms with Crippen molar-refractivity contribution in [2.24, 2.45) is 0 Å². The molecule has 2 heterocycles. The van der Waals surface area contributed by atoms with E-state index in [1.807, 2.05) is 4.90 Å². The molecule has 2 N–H and O–H groups in total. The van der Waals surface area contributed by atoms with E-state index < -0.39 is 0 Å². The predicted molar refractivity (Wildman–Crippen MR) is 79.8 cm³/mol. The number of nitrogens with one attached hydrogen (secondary N) is 1. The second kappa shape index (κ2) is 6.29. The first-order valence-corrected chi connectivity index (χ1v) is 7.72. The van der Waals surface area contributed by atoms with Gasteiger partial charge in [0.05, 0.1) is 25.4 Å². The molecule has 0 bridgehead atoms. The van der Waals surface area contributed by atoms with Crippen molar-refractivity contribution in [3.8, 4) is 0 Å². The van der Waals surface area contributed by atoms with E-state index in [0.29, 0.717) is 25.1 Å². The predicted octanol–water partition coefficient (Wildman–Crippen LogP) is 1.08. The van der Waals surface area contributed by atoms with Crippen LogP contribution in [0.3, 0.4) is 0 Å². The van der Waals surface area contributed by atoms with Crippen LogP contribution in [0.2, 0.25) is 5.28 Å². The van der Waals surface area contributed by atoms with Crippen LogP contribution in [-0.4, -0.2) is 58.5 Å². The number of nitrogens with zero attached hydrogens (tertiary/aromatic N) is 4. The minimum atomic E-state index is -0.326. The third-order valence-corrected chi connectivity index (χ3v) is 4.30. The molecular formula is C13H20ClN5O2. The summed E-state index contributed by atoms with van der Waals surface area (Å²) >= 11 is 6.02. The van der Waals surface area contributed by atoms with E-state index in [1.54, 1.807) is 0 Å². The van der Waals surface area contributed by atoms with Crippen LogP contribution in [0, 0.1) is 0 Å². The van der Waals surface area contributed by atoms with E-state index in [0.717, 1.165) is 38.8 Å². The Bertz CT molecular complexity index is 489. The quantitative estimate of drug-likeness (QED) is 0.860. The monoisotopic (exact) mass is 313 g/mol. The third-order valence-electron chi connectivity index (χ3n) is 4.13. The molecule has 3 rings (SSSR count). The van der Waals surface area contributed by atoms with Gasteiger partial charge in [-0.05, 0) is 24.4 Å². The van der Waals surface area contributed by atoms with E-state index in [-0.39, 0.29) is 17.4 Å². The second-order valence-electron chi connectivity index (χ2n) is 5.60. The Hall–Kier alpha value is -1.18. The summed E-state index contributed by atoms with van der Waals surface area (Å²) in [5.41, 5.74) is -0.326. The summed E-state index contributed by atoms with van der Waals surface area (Å²) in [4.78, 5) is 14.8. The summed E-state index contributed by atoms with van der Waals surface area (Å²) < 4.78 is 5.33. The zero-order valence-electron chi connectivity index (χ0n) is 11.9. The van der Waals surface area contributed by atoms with E-state index in [1.165, 1.54) is 0 Å². The van der Waals surface area contributed by atoms with Gasteiger partial charge in [-0.1, -0.05) is 12.8 Å². The van der Waals surface area contributed by atoms with Crippen LogP contribution in [-0.2, 0) is 4.74 Å². The lowest BCUT2D eigenvalue weighted by molar-refractivity contribution is 0.122. The van der Waals surface area contributed by atoms with Crippen LogP contribution < -0.4 is 10.2 Å². The highest BCUT2D eigenvalue weighted by molar-refractivity contribution is 6.28. The lowest BCUT2D eigenvalue weighted by Crippen LogP contribution is -2.40. The van der Waals surface area contributed by atoms with Gasteiger partial charge >= 0.3 is 0 Å². The third kappa shape index (κ3) is 3.36. The molecule has 0 radical (unpaired) electrons. The van der Waals surface area contributed by atoms with Gasteiger partial charge in [0.25, 0.3) is 0 Å². The highest BCUT2D eigenvalue weighted by Crippen LogP contribution is 2.32. The van der Waals surface area contributed by atoms with E-state index in [4.69, 9.17) is 16.3 Å². The number of aromatic nitrogens is 3. The summed E-state index contributed by atoms with van der Waals surface area (Å²) in [6.45, 7) is 2.87. The van der Waals surface area contributed by atoms with Crippen molar-refractivity contribution in [3.05, 3.63) is 5.28 Å². The van der Waals surface area contributed by atoms with Gasteiger partial charge in [0, 0.05) is 13.1 Å². The average Bonchev–Trinajstić information content (AvgIpc) is 2.97. The molecule has 0 aromatic carbocycles. The van der Waals surface area contributed by atoms with Crippen LogP contribution in [0.4, 0.5) is 11.9 Å². The molecule has 0 amide bonds. The number of halogens is 1. The van der Waals surface area contributed by atoms with Crippen molar-refractivity contribution in [1.29, 1.82) is 0 Å². The summed E-state index contributed by atoms with van der Waals surface area (Å²) in [5, 5.41) is 13.1. The molecule has 1 saturated heterocycles. The zero-order chi connectivity index (χ0) is 14.7. The van der Waals surface area contributed by atoms with Gasteiger partial charge in [0.2, 0.25) is 17.2 Å². The molecule has 21 heavy (non-hydrogen) atoms. The Morgan fingerprint density at radius 1 is 1.19 bits per heavy atom. The van der Waals surface area contributed by atoms with Gasteiger partial charge in [-0.3, -0.25) is 0 Å². The molecule has 2 aliphatic rings. The number of hydrogen-bond donors (Lipinski definition) is 2. The van der Waals surface area contributed by atoms with Crippen LogP contribution >= 0.6 is 11.6 Å². The van der Waals surface area contributed by atoms with Crippen molar-refractivity contribution in [2.75, 3.05) is 43.1 Å². The highest BCUT2D eigenvalue weighted by Gasteiger charge is 2.34. The fourth-order valence-corrected chi connectivity index (χ4v) is 3.07. The van der Waals surface area contributed by atoms with Crippen LogP contribution in [0.1, 0.15) is 25.7 Å². The lowest BCUT2D eigenvalue weighted by Gasteiger charge is -2.29. The molecule has 0 atom stereocenters. The zero-order valence-corrected chi connectivity index (χ0v) is 12.6. The Balaban J connectivity index is 1.80. The number of hydrogen-bond acceptors (Lipinski definition) is 7. The summed E-state index contributed by atoms with van der Waals surface area (Å²) in [7, 11) is 0. The van der Waals surface area contributed by atoms with Crippen LogP contribution in [0.5, 0.6) is 0 Å². The Morgan fingerprint density at radius 2 is 1.90 bits per heavy atom. The van der Waals surface area contributed by atoms with Gasteiger partial charge in [-0.2, -0.15) is 15.0 Å². The highest BCUT2D eigenvalue weighted by atomic mass is 35.5. The maximum absolute atomic E-state index is 9.67. The largest absolute Gasteiger partial charge is 0.394 e. The summed E-state index contributed by atoms with van der Waals surface area (Å²) in [5.74, 6) is 0.999. The summed E-state index contributed by atoms with van der Waals surface area (Å²) in [6.07, 6.45) is 4.03. The van der Waals surface area contributed by atoms with E-state index >= 15 is 0 Å². The molecule has 1 aromatic heterocycles. The minimum absolute atomic E-state index is 0.0726. The van der Waals surface area contributed by atoms with Crippen LogP contribution in [0.15, 0.2) is 0 Å². The maximum Gasteiger partial charge on any atom is 0.231 e. The van der Waals surface area contributed by atoms with Gasteiger partial charge in [-0.15, -0.1) is 0 Å². The topological polar surface area (TPSA) is 83.4 Å². The van der Waals surface area contributed by atoms with Gasteiger partial charge in [0.15, 0.2) is 0 Å². The van der Waals surface area contributed by atoms with Crippen molar-refractivity contribution in [1.82, 2.24) is 15.0 Å². The maximum atomic E-state index is 9.67. The average molecular weight is 314 g/mol. The van der Waals surface area contributed by atoms with Crippen LogP contribution in [0.25, 0.3) is 0 Å². The fourth-order valence-electron chi connectivity index (χ4n) is 2.91. The Labute approximate surface area is 128 Å². The number of aliphatic hydroxyl groups excluding tert-OH is 1. The molecule has 0 spiro atoms. The first-order valence-electron chi connectivity index (χ1n) is 7.34. The Morgan fingerprint density at radius 3 is 2.57 bits per heavy atom. The lowest BCUT2D eigenvalue weighted by atomic mass is 9.99. The smallest absolute Gasteiger partial charge is 0.231 e. The van der Waals surface area contributed by atoms with Crippen molar-refractivity contribution < 1.29 is 9.84 Å². The minimum Gasteiger partial charge on any atom is -0.394 e. The van der Waals surface area contributed by atoms with Crippen molar-refractivity contribution in [2.45, 2.75) is 31.2 Å². The molecule has 1 aromatic rings. The van der Waals surface area contributed by atoms with Crippen molar-refractivity contribution in [3.63, 3.8) is 0 Å². The number of ether oxygens (including phenoxy) is 1. The van der Waals surface area contributed by atoms with Gasteiger partial charge in [0.1, 0.15) is 0 Å². The van der Waals surface area contributed by atoms with Crippen molar-refractivity contribution >= 4 is 23.5 Å². The molecule has 1 aliphatic carbocycles. The number of anilines is 2. The van der Waals surface area contributed by atoms with Gasteiger partial charge < -0.3 is 20.1 Å². The molecule has 2 fully saturated rings. The van der Waals surface area contributed by atoms with Gasteiger partial charge in [-0.25, -0.2) is 0 Å². The normalized spacial score (nSPS) is 21.5. The standard InChI is InChI=1S/C13H20ClN5O2/c14-10-15-11(18-13(9-20)3-1-2-4-13)17-12(16-10)19-5-7-21-8-6-19/h20H,1-9H2,(H,15,16,17,18). The molecule has 8 heteroatoms. The number of rotatable bonds is 4. The SMILES string of the molecule is OCC1(Nc2nc(Cl)nc(N3CCOCC3)n2)CCCC1. The van der Waals surface area contributed by atoms with E-state index in [2.05, 4.69) is 20.3 Å². The molecule has 7 nitrogen and oxygen atoms in total. The number of aliphatic hydroxyl groups is 1. The molecule has 0 unspecified atom stereocenters. The first kappa shape index (κ1) is 14.7. The molecular weight excluding hydrogens is 294 g/mol. The fraction of sp³-hybridized carbons (Fsp3) is 0.769.